The van der Waals surface area contributed by atoms with E-state index in [1.165, 1.54) is 5.56 Å². The molecule has 0 unspecified atom stereocenters. The Hall–Kier alpha value is -0.940. The summed E-state index contributed by atoms with van der Waals surface area (Å²) in [4.78, 5) is 18.7. The lowest BCUT2D eigenvalue weighted by atomic mass is 10.0. The quantitative estimate of drug-likeness (QED) is 0.840. The van der Waals surface area contributed by atoms with Crippen molar-refractivity contribution < 1.29 is 4.79 Å². The van der Waals surface area contributed by atoms with Crippen LogP contribution in [-0.2, 0) is 11.2 Å². The first kappa shape index (κ1) is 13.1. The van der Waals surface area contributed by atoms with E-state index in [0.29, 0.717) is 5.75 Å². The van der Waals surface area contributed by atoms with Crippen LogP contribution in [0.2, 0.25) is 0 Å². The van der Waals surface area contributed by atoms with E-state index in [1.54, 1.807) is 23.5 Å². The summed E-state index contributed by atoms with van der Waals surface area (Å²) in [5.41, 5.74) is 2.39. The summed E-state index contributed by atoms with van der Waals surface area (Å²) in [6, 6.07) is 8.23. The summed E-state index contributed by atoms with van der Waals surface area (Å²) in [5, 5.41) is 0. The molecule has 2 aliphatic rings. The molecule has 0 fully saturated rings. The number of benzene rings is 1. The topological polar surface area (TPSA) is 32.7 Å². The van der Waals surface area contributed by atoms with Gasteiger partial charge in [-0.25, -0.2) is 0 Å². The zero-order valence-corrected chi connectivity index (χ0v) is 12.3. The first-order valence-corrected chi connectivity index (χ1v) is 8.50. The summed E-state index contributed by atoms with van der Waals surface area (Å²) in [6.07, 6.45) is 2.14. The minimum Gasteiger partial charge on any atom is -0.311 e. The van der Waals surface area contributed by atoms with Gasteiger partial charge in [-0.2, -0.15) is 0 Å². The van der Waals surface area contributed by atoms with Gasteiger partial charge in [0, 0.05) is 18.0 Å². The molecule has 1 amide bonds. The Kier molecular flexibility index (Phi) is 4.13. The number of anilines is 1. The standard InChI is InChI=1S/C14H16N2OS2/c17-13(10-19-14-15-7-9-18-14)16-8-3-5-11-4-1-2-6-12(11)16/h1-2,4,6H,3,5,7-10H2. The van der Waals surface area contributed by atoms with Crippen LogP contribution in [0.1, 0.15) is 12.0 Å². The first-order valence-electron chi connectivity index (χ1n) is 6.53. The van der Waals surface area contributed by atoms with E-state index in [2.05, 4.69) is 17.1 Å². The second-order valence-electron chi connectivity index (χ2n) is 4.56. The Morgan fingerprint density at radius 3 is 3.16 bits per heavy atom. The van der Waals surface area contributed by atoms with Gasteiger partial charge < -0.3 is 4.90 Å². The maximum atomic E-state index is 12.4. The molecule has 0 radical (unpaired) electrons. The van der Waals surface area contributed by atoms with Crippen molar-refractivity contribution in [3.63, 3.8) is 0 Å². The molecule has 2 heterocycles. The molecule has 0 aromatic heterocycles. The molecule has 0 bridgehead atoms. The number of thioether (sulfide) groups is 2. The molecule has 0 spiro atoms. The van der Waals surface area contributed by atoms with Crippen LogP contribution in [-0.4, -0.2) is 34.9 Å². The minimum absolute atomic E-state index is 0.201. The number of nitrogens with zero attached hydrogens (tertiary/aromatic N) is 2. The molecule has 100 valence electrons. The van der Waals surface area contributed by atoms with Gasteiger partial charge in [0.2, 0.25) is 5.91 Å². The molecule has 5 heteroatoms. The maximum absolute atomic E-state index is 12.4. The molecule has 0 atom stereocenters. The Morgan fingerprint density at radius 2 is 2.32 bits per heavy atom. The number of hydrogen-bond donors (Lipinski definition) is 0. The highest BCUT2D eigenvalue weighted by atomic mass is 32.2. The van der Waals surface area contributed by atoms with E-state index >= 15 is 0 Å². The predicted molar refractivity (Wildman–Crippen MR) is 84.3 cm³/mol. The molecule has 1 aromatic carbocycles. The van der Waals surface area contributed by atoms with Crippen LogP contribution >= 0.6 is 23.5 Å². The molecule has 1 aromatic rings. The molecule has 3 nitrogen and oxygen atoms in total. The summed E-state index contributed by atoms with van der Waals surface area (Å²) in [6.45, 7) is 1.74. The second-order valence-corrected chi connectivity index (χ2v) is 6.87. The average molecular weight is 292 g/mol. The molecule has 0 aliphatic carbocycles. The number of rotatable bonds is 2. The van der Waals surface area contributed by atoms with Gasteiger partial charge in [-0.05, 0) is 24.5 Å². The van der Waals surface area contributed by atoms with Crippen molar-refractivity contribution in [3.05, 3.63) is 29.8 Å². The van der Waals surface area contributed by atoms with E-state index in [4.69, 9.17) is 0 Å². The van der Waals surface area contributed by atoms with Crippen LogP contribution < -0.4 is 4.90 Å². The van der Waals surface area contributed by atoms with Crippen LogP contribution in [0.3, 0.4) is 0 Å². The average Bonchev–Trinajstić information content (AvgIpc) is 2.97. The second kappa shape index (κ2) is 6.01. The third-order valence-corrected chi connectivity index (χ3v) is 5.53. The molecule has 2 aliphatic heterocycles. The van der Waals surface area contributed by atoms with Crippen LogP contribution in [0.4, 0.5) is 5.69 Å². The lowest BCUT2D eigenvalue weighted by Gasteiger charge is -2.29. The van der Waals surface area contributed by atoms with E-state index in [0.717, 1.165) is 41.7 Å². The summed E-state index contributed by atoms with van der Waals surface area (Å²) < 4.78 is 1.07. The third-order valence-electron chi connectivity index (χ3n) is 3.29. The van der Waals surface area contributed by atoms with Gasteiger partial charge in [-0.1, -0.05) is 41.7 Å². The number of aryl methyl sites for hydroxylation is 1. The molecular weight excluding hydrogens is 276 g/mol. The van der Waals surface area contributed by atoms with Gasteiger partial charge in [0.05, 0.1) is 12.3 Å². The Bertz CT molecular complexity index is 516. The van der Waals surface area contributed by atoms with Crippen molar-refractivity contribution in [2.75, 3.05) is 29.5 Å². The number of carbonyl (C=O) groups excluding carboxylic acids is 1. The molecule has 0 N–H and O–H groups in total. The van der Waals surface area contributed by atoms with Crippen LogP contribution in [0.15, 0.2) is 29.3 Å². The van der Waals surface area contributed by atoms with E-state index in [1.807, 2.05) is 17.0 Å². The number of hydrogen-bond acceptors (Lipinski definition) is 4. The van der Waals surface area contributed by atoms with Crippen molar-refractivity contribution in [1.82, 2.24) is 0 Å². The van der Waals surface area contributed by atoms with Gasteiger partial charge in [0.25, 0.3) is 0 Å². The third kappa shape index (κ3) is 2.98. The van der Waals surface area contributed by atoms with E-state index < -0.39 is 0 Å². The summed E-state index contributed by atoms with van der Waals surface area (Å²) >= 11 is 3.34. The van der Waals surface area contributed by atoms with Crippen LogP contribution in [0, 0.1) is 0 Å². The number of carbonyl (C=O) groups is 1. The predicted octanol–water partition coefficient (Wildman–Crippen LogP) is 2.80. The van der Waals surface area contributed by atoms with Crippen molar-refractivity contribution in [2.45, 2.75) is 12.8 Å². The molecule has 0 saturated carbocycles. The number of fused-ring (bicyclic) bond motifs is 1. The van der Waals surface area contributed by atoms with Crippen molar-refractivity contribution in [1.29, 1.82) is 0 Å². The number of aliphatic imine (C=N–C) groups is 1. The van der Waals surface area contributed by atoms with Crippen LogP contribution in [0.5, 0.6) is 0 Å². The fourth-order valence-electron chi connectivity index (χ4n) is 2.40. The lowest BCUT2D eigenvalue weighted by Crippen LogP contribution is -2.36. The van der Waals surface area contributed by atoms with Crippen molar-refractivity contribution in [3.8, 4) is 0 Å². The fourth-order valence-corrected chi connectivity index (χ4v) is 4.28. The van der Waals surface area contributed by atoms with E-state index in [-0.39, 0.29) is 5.91 Å². The van der Waals surface area contributed by atoms with Crippen molar-refractivity contribution >= 4 is 39.5 Å². The first-order chi connectivity index (χ1) is 9.34. The van der Waals surface area contributed by atoms with Gasteiger partial charge in [0.1, 0.15) is 4.38 Å². The zero-order valence-electron chi connectivity index (χ0n) is 10.7. The molecule has 0 saturated heterocycles. The molecule has 3 rings (SSSR count). The highest BCUT2D eigenvalue weighted by Gasteiger charge is 2.22. The minimum atomic E-state index is 0.201. The maximum Gasteiger partial charge on any atom is 0.237 e. The molecular formula is C14H16N2OS2. The lowest BCUT2D eigenvalue weighted by molar-refractivity contribution is -0.116. The van der Waals surface area contributed by atoms with Crippen molar-refractivity contribution in [2.24, 2.45) is 4.99 Å². The highest BCUT2D eigenvalue weighted by molar-refractivity contribution is 8.39. The fraction of sp³-hybridized carbons (Fsp3) is 0.429. The van der Waals surface area contributed by atoms with Gasteiger partial charge in [-0.3, -0.25) is 9.79 Å². The SMILES string of the molecule is O=C(CSC1=NCCS1)N1CCCc2ccccc21. The number of amides is 1. The van der Waals surface area contributed by atoms with Gasteiger partial charge in [-0.15, -0.1) is 0 Å². The Morgan fingerprint density at radius 1 is 1.42 bits per heavy atom. The number of para-hydroxylation sites is 1. The van der Waals surface area contributed by atoms with E-state index in [9.17, 15) is 4.79 Å². The zero-order chi connectivity index (χ0) is 13.1. The summed E-state index contributed by atoms with van der Waals surface area (Å²) in [5.74, 6) is 1.76. The monoisotopic (exact) mass is 292 g/mol. The Labute approximate surface area is 121 Å². The van der Waals surface area contributed by atoms with Crippen LogP contribution in [0.25, 0.3) is 0 Å². The summed E-state index contributed by atoms with van der Waals surface area (Å²) in [7, 11) is 0. The largest absolute Gasteiger partial charge is 0.311 e. The normalized spacial score (nSPS) is 18.1. The smallest absolute Gasteiger partial charge is 0.237 e. The Balaban J connectivity index is 1.67. The molecule has 19 heavy (non-hydrogen) atoms. The van der Waals surface area contributed by atoms with Gasteiger partial charge >= 0.3 is 0 Å². The highest BCUT2D eigenvalue weighted by Crippen LogP contribution is 2.28. The van der Waals surface area contributed by atoms with Gasteiger partial charge in [0.15, 0.2) is 0 Å².